The Morgan fingerprint density at radius 2 is 1.88 bits per heavy atom. The molecule has 1 aliphatic rings. The van der Waals surface area contributed by atoms with Crippen LogP contribution in [-0.4, -0.2) is 66.5 Å². The highest BCUT2D eigenvalue weighted by Gasteiger charge is 2.39. The average Bonchev–Trinajstić information content (AvgIpc) is 2.82. The van der Waals surface area contributed by atoms with Gasteiger partial charge in [0.25, 0.3) is 5.91 Å². The Morgan fingerprint density at radius 1 is 1.15 bits per heavy atom. The summed E-state index contributed by atoms with van der Waals surface area (Å²) in [6.45, 7) is 3.23. The second-order valence-corrected chi connectivity index (χ2v) is 7.77. The summed E-state index contributed by atoms with van der Waals surface area (Å²) in [5, 5.41) is 0.0217. The number of rotatable bonds is 8. The smallest absolute Gasteiger partial charge is 0.486 e. The molecule has 1 saturated heterocycles. The van der Waals surface area contributed by atoms with Crippen molar-refractivity contribution in [2.45, 2.75) is 12.8 Å². The third-order valence-corrected chi connectivity index (χ3v) is 5.48. The first-order chi connectivity index (χ1) is 16.3. The van der Waals surface area contributed by atoms with E-state index in [1.54, 1.807) is 30.3 Å². The van der Waals surface area contributed by atoms with E-state index >= 15 is 0 Å². The summed E-state index contributed by atoms with van der Waals surface area (Å²) in [5.41, 5.74) is 5.95. The molecule has 0 unspecified atom stereocenters. The van der Waals surface area contributed by atoms with Crippen molar-refractivity contribution in [3.05, 3.63) is 59.9 Å². The van der Waals surface area contributed by atoms with Crippen molar-refractivity contribution in [2.75, 3.05) is 44.4 Å². The number of carbonyl (C=O) groups is 1. The summed E-state index contributed by atoms with van der Waals surface area (Å²) >= 11 is 0. The van der Waals surface area contributed by atoms with Gasteiger partial charge in [-0.1, -0.05) is 30.3 Å². The van der Waals surface area contributed by atoms with Gasteiger partial charge in [-0.2, -0.15) is 13.2 Å². The van der Waals surface area contributed by atoms with E-state index in [0.29, 0.717) is 25.3 Å². The van der Waals surface area contributed by atoms with Crippen molar-refractivity contribution in [3.8, 4) is 5.75 Å². The molecule has 0 saturated carbocycles. The van der Waals surface area contributed by atoms with Crippen LogP contribution in [0.5, 0.6) is 5.75 Å². The molecule has 2 heterocycles. The Bertz CT molecular complexity index is 1140. The summed E-state index contributed by atoms with van der Waals surface area (Å²) in [6, 6.07) is 11.0. The van der Waals surface area contributed by atoms with Gasteiger partial charge in [0.15, 0.2) is 0 Å². The van der Waals surface area contributed by atoms with Gasteiger partial charge < -0.3 is 15.2 Å². The average molecular weight is 475 g/mol. The largest absolute Gasteiger partial charge is 0.492 e. The molecule has 0 aliphatic carbocycles. The van der Waals surface area contributed by atoms with Crippen molar-refractivity contribution in [1.82, 2.24) is 14.9 Å². The molecule has 11 heteroatoms. The van der Waals surface area contributed by atoms with E-state index in [4.69, 9.17) is 15.2 Å². The number of alkyl halides is 3. The Labute approximate surface area is 194 Å². The molecule has 0 bridgehead atoms. The van der Waals surface area contributed by atoms with E-state index in [-0.39, 0.29) is 39.5 Å². The molecule has 1 aliphatic heterocycles. The van der Waals surface area contributed by atoms with Gasteiger partial charge in [0.2, 0.25) is 0 Å². The zero-order chi connectivity index (χ0) is 24.1. The molecule has 0 spiro atoms. The van der Waals surface area contributed by atoms with Gasteiger partial charge in [-0.3, -0.25) is 14.6 Å². The Balaban J connectivity index is 1.70. The highest BCUT2D eigenvalue weighted by atomic mass is 19.4. The molecular formula is C23H24F3N5O3. The molecule has 3 aromatic rings. The summed E-state index contributed by atoms with van der Waals surface area (Å²) in [5.74, 6) is -0.996. The van der Waals surface area contributed by atoms with Gasteiger partial charge in [-0.25, -0.2) is 9.97 Å². The first-order valence-corrected chi connectivity index (χ1v) is 10.7. The molecule has 180 valence electrons. The van der Waals surface area contributed by atoms with Crippen LogP contribution in [0.2, 0.25) is 0 Å². The highest BCUT2D eigenvalue weighted by Crippen LogP contribution is 2.36. The maximum Gasteiger partial charge on any atom is 0.486 e. The third-order valence-electron chi connectivity index (χ3n) is 5.48. The molecule has 1 fully saturated rings. The number of morpholine rings is 1. The number of benzene rings is 2. The van der Waals surface area contributed by atoms with Crippen LogP contribution in [0, 0.1) is 0 Å². The van der Waals surface area contributed by atoms with Crippen LogP contribution in [0.3, 0.4) is 0 Å². The van der Waals surface area contributed by atoms with Gasteiger partial charge in [-0.15, -0.1) is 0 Å². The number of hydrogen-bond donors (Lipinski definition) is 1. The Morgan fingerprint density at radius 3 is 2.56 bits per heavy atom. The fraction of sp³-hybridized carbons (Fsp3) is 0.348. The zero-order valence-corrected chi connectivity index (χ0v) is 18.3. The number of nitrogens with zero attached hydrogens (tertiary/aromatic N) is 4. The lowest BCUT2D eigenvalue weighted by Gasteiger charge is -2.27. The van der Waals surface area contributed by atoms with Gasteiger partial charge in [0, 0.05) is 25.0 Å². The van der Waals surface area contributed by atoms with E-state index in [9.17, 15) is 18.0 Å². The van der Waals surface area contributed by atoms with E-state index in [2.05, 4.69) is 14.9 Å². The van der Waals surface area contributed by atoms with Crippen molar-refractivity contribution in [1.29, 1.82) is 0 Å². The maximum atomic E-state index is 14.1. The number of halogens is 3. The monoisotopic (exact) mass is 475 g/mol. The number of primary amides is 1. The lowest BCUT2D eigenvalue weighted by atomic mass is 10.1. The standard InChI is InChI=1S/C23H24F3N5O3/c24-23(25,26)31(14-16-4-2-1-3-5-16)22-19-13-17(34-11-8-30-6-9-33-10-7-30)12-18(21(27)32)20(19)28-15-29-22/h1-5,12-13,15H,6-11,14H2,(H2,27,32). The Hall–Kier alpha value is -3.44. The molecule has 2 aromatic carbocycles. The molecule has 2 N–H and O–H groups in total. The van der Waals surface area contributed by atoms with Crippen LogP contribution in [0.15, 0.2) is 48.8 Å². The molecule has 0 radical (unpaired) electrons. The SMILES string of the molecule is NC(=O)c1cc(OCCN2CCOCC2)cc2c(N(Cc3ccccc3)C(F)(F)F)ncnc12. The molecule has 4 rings (SSSR count). The molecule has 1 amide bonds. The fourth-order valence-electron chi connectivity index (χ4n) is 3.78. The topological polar surface area (TPSA) is 93.8 Å². The predicted molar refractivity (Wildman–Crippen MR) is 119 cm³/mol. The summed E-state index contributed by atoms with van der Waals surface area (Å²) in [4.78, 5) is 22.5. The second kappa shape index (κ2) is 10.2. The number of anilines is 1. The number of hydrogen-bond acceptors (Lipinski definition) is 7. The maximum absolute atomic E-state index is 14.1. The van der Waals surface area contributed by atoms with Crippen molar-refractivity contribution < 1.29 is 27.4 Å². The van der Waals surface area contributed by atoms with E-state index in [1.165, 1.54) is 12.1 Å². The van der Waals surface area contributed by atoms with Crippen LogP contribution in [-0.2, 0) is 11.3 Å². The quantitative estimate of drug-likeness (QED) is 0.501. The number of fused-ring (bicyclic) bond motifs is 1. The van der Waals surface area contributed by atoms with Crippen molar-refractivity contribution in [3.63, 3.8) is 0 Å². The van der Waals surface area contributed by atoms with E-state index < -0.39 is 18.8 Å². The third kappa shape index (κ3) is 5.54. The number of amides is 1. The van der Waals surface area contributed by atoms with E-state index in [1.807, 2.05) is 0 Å². The molecule has 1 aromatic heterocycles. The van der Waals surface area contributed by atoms with Crippen LogP contribution in [0.4, 0.5) is 19.0 Å². The van der Waals surface area contributed by atoms with Gasteiger partial charge in [0.05, 0.1) is 30.8 Å². The molecule has 8 nitrogen and oxygen atoms in total. The van der Waals surface area contributed by atoms with Crippen LogP contribution >= 0.6 is 0 Å². The van der Waals surface area contributed by atoms with Gasteiger partial charge >= 0.3 is 6.30 Å². The number of ether oxygens (including phenoxy) is 2. The molecule has 0 atom stereocenters. The van der Waals surface area contributed by atoms with Crippen molar-refractivity contribution in [2.24, 2.45) is 5.73 Å². The van der Waals surface area contributed by atoms with Gasteiger partial charge in [-0.05, 0) is 17.7 Å². The van der Waals surface area contributed by atoms with E-state index in [0.717, 1.165) is 19.4 Å². The predicted octanol–water partition coefficient (Wildman–Crippen LogP) is 2.97. The van der Waals surface area contributed by atoms with Crippen molar-refractivity contribution >= 4 is 22.6 Å². The minimum absolute atomic E-state index is 0.0217. The highest BCUT2D eigenvalue weighted by molar-refractivity contribution is 6.07. The fourth-order valence-corrected chi connectivity index (χ4v) is 3.78. The lowest BCUT2D eigenvalue weighted by Crippen LogP contribution is -2.38. The summed E-state index contributed by atoms with van der Waals surface area (Å²) < 4.78 is 53.5. The van der Waals surface area contributed by atoms with Crippen LogP contribution < -0.4 is 15.4 Å². The number of aromatic nitrogens is 2. The molecular weight excluding hydrogens is 451 g/mol. The molecule has 34 heavy (non-hydrogen) atoms. The van der Waals surface area contributed by atoms with Gasteiger partial charge in [0.1, 0.15) is 24.5 Å². The minimum atomic E-state index is -4.74. The summed E-state index contributed by atoms with van der Waals surface area (Å²) in [6.07, 6.45) is -3.75. The lowest BCUT2D eigenvalue weighted by molar-refractivity contribution is -0.131. The number of carbonyl (C=O) groups excluding carboxylic acids is 1. The zero-order valence-electron chi connectivity index (χ0n) is 18.3. The Kier molecular flexibility index (Phi) is 7.13. The minimum Gasteiger partial charge on any atom is -0.492 e. The summed E-state index contributed by atoms with van der Waals surface area (Å²) in [7, 11) is 0. The normalized spacial score (nSPS) is 14.8. The number of nitrogens with two attached hydrogens (primary N) is 1. The second-order valence-electron chi connectivity index (χ2n) is 7.77. The van der Waals surface area contributed by atoms with Crippen LogP contribution in [0.1, 0.15) is 15.9 Å². The van der Waals surface area contributed by atoms with Crippen LogP contribution in [0.25, 0.3) is 10.9 Å². The first kappa shape index (κ1) is 23.7. The first-order valence-electron chi connectivity index (χ1n) is 10.7.